The zero-order valence-electron chi connectivity index (χ0n) is 9.81. The van der Waals surface area contributed by atoms with Crippen LogP contribution in [0.4, 0.5) is 5.69 Å². The molecule has 5 nitrogen and oxygen atoms in total. The van der Waals surface area contributed by atoms with E-state index in [-0.39, 0.29) is 5.91 Å². The number of nitrogens with zero attached hydrogens (tertiary/aromatic N) is 1. The zero-order valence-corrected chi connectivity index (χ0v) is 9.81. The third kappa shape index (κ3) is 2.50. The van der Waals surface area contributed by atoms with Gasteiger partial charge in [-0.2, -0.15) is 0 Å². The van der Waals surface area contributed by atoms with E-state index < -0.39 is 0 Å². The summed E-state index contributed by atoms with van der Waals surface area (Å²) in [5.74, 6) is 0.448. The molecule has 0 atom stereocenters. The van der Waals surface area contributed by atoms with Crippen LogP contribution in [-0.4, -0.2) is 31.2 Å². The highest BCUT2D eigenvalue weighted by Gasteiger charge is 2.21. The minimum atomic E-state index is -0.190. The molecule has 0 spiro atoms. The molecule has 0 aliphatic carbocycles. The fourth-order valence-corrected chi connectivity index (χ4v) is 1.75. The van der Waals surface area contributed by atoms with Crippen LogP contribution in [0.15, 0.2) is 18.2 Å². The summed E-state index contributed by atoms with van der Waals surface area (Å²) in [7, 11) is 1.56. The SMILES string of the molecule is COc1ccc(C(=O)N2CCCCO2)c(N)c1. The first-order chi connectivity index (χ1) is 8.22. The average molecular weight is 236 g/mol. The molecule has 1 aliphatic rings. The molecule has 0 aromatic heterocycles. The number of anilines is 1. The van der Waals surface area contributed by atoms with Gasteiger partial charge < -0.3 is 10.5 Å². The Labute approximate surface area is 100 Å². The molecule has 1 aromatic carbocycles. The first-order valence-electron chi connectivity index (χ1n) is 5.60. The number of hydrogen-bond acceptors (Lipinski definition) is 4. The lowest BCUT2D eigenvalue weighted by Crippen LogP contribution is -2.36. The van der Waals surface area contributed by atoms with Gasteiger partial charge in [-0.05, 0) is 25.0 Å². The molecule has 1 aliphatic heterocycles. The fourth-order valence-electron chi connectivity index (χ4n) is 1.75. The lowest BCUT2D eigenvalue weighted by atomic mass is 10.1. The molecule has 2 N–H and O–H groups in total. The Balaban J connectivity index is 2.18. The van der Waals surface area contributed by atoms with Crippen molar-refractivity contribution in [1.82, 2.24) is 5.06 Å². The standard InChI is InChI=1S/C12H16N2O3/c1-16-9-4-5-10(11(13)8-9)12(15)14-6-2-3-7-17-14/h4-5,8H,2-3,6-7,13H2,1H3. The van der Waals surface area contributed by atoms with E-state index in [0.29, 0.717) is 30.2 Å². The summed E-state index contributed by atoms with van der Waals surface area (Å²) in [6.07, 6.45) is 1.95. The third-order valence-electron chi connectivity index (χ3n) is 2.72. The summed E-state index contributed by atoms with van der Waals surface area (Å²) < 4.78 is 5.04. The first-order valence-corrected chi connectivity index (χ1v) is 5.60. The Bertz CT molecular complexity index is 414. The van der Waals surface area contributed by atoms with Crippen LogP contribution < -0.4 is 10.5 Å². The number of benzene rings is 1. The van der Waals surface area contributed by atoms with Gasteiger partial charge in [0.1, 0.15) is 5.75 Å². The van der Waals surface area contributed by atoms with Gasteiger partial charge in [0.05, 0.1) is 19.3 Å². The second-order valence-corrected chi connectivity index (χ2v) is 3.90. The number of methoxy groups -OCH3 is 1. The molecule has 1 saturated heterocycles. The van der Waals surface area contributed by atoms with E-state index in [9.17, 15) is 4.79 Å². The normalized spacial score (nSPS) is 15.7. The minimum absolute atomic E-state index is 0.190. The molecule has 2 rings (SSSR count). The number of carbonyl (C=O) groups excluding carboxylic acids is 1. The van der Waals surface area contributed by atoms with Crippen LogP contribution >= 0.6 is 0 Å². The molecule has 0 unspecified atom stereocenters. The first kappa shape index (κ1) is 11.7. The van der Waals surface area contributed by atoms with E-state index in [4.69, 9.17) is 15.3 Å². The van der Waals surface area contributed by atoms with Crippen LogP contribution in [-0.2, 0) is 4.84 Å². The fraction of sp³-hybridized carbons (Fsp3) is 0.417. The van der Waals surface area contributed by atoms with E-state index in [2.05, 4.69) is 0 Å². The molecule has 0 bridgehead atoms. The Kier molecular flexibility index (Phi) is 3.49. The smallest absolute Gasteiger partial charge is 0.279 e. The van der Waals surface area contributed by atoms with E-state index in [1.807, 2.05) is 0 Å². The van der Waals surface area contributed by atoms with Crippen LogP contribution in [0.2, 0.25) is 0 Å². The second-order valence-electron chi connectivity index (χ2n) is 3.90. The highest BCUT2D eigenvalue weighted by atomic mass is 16.7. The Morgan fingerprint density at radius 1 is 1.47 bits per heavy atom. The van der Waals surface area contributed by atoms with Gasteiger partial charge in [-0.3, -0.25) is 9.63 Å². The summed E-state index contributed by atoms with van der Waals surface area (Å²) in [6.45, 7) is 1.20. The van der Waals surface area contributed by atoms with E-state index in [1.54, 1.807) is 25.3 Å². The molecule has 1 fully saturated rings. The van der Waals surface area contributed by atoms with Crippen molar-refractivity contribution in [3.05, 3.63) is 23.8 Å². The molecule has 5 heteroatoms. The van der Waals surface area contributed by atoms with Crippen molar-refractivity contribution < 1.29 is 14.4 Å². The lowest BCUT2D eigenvalue weighted by molar-refractivity contribution is -0.144. The zero-order chi connectivity index (χ0) is 12.3. The monoisotopic (exact) mass is 236 g/mol. The maximum Gasteiger partial charge on any atom is 0.279 e. The van der Waals surface area contributed by atoms with Gasteiger partial charge in [0.2, 0.25) is 0 Å². The van der Waals surface area contributed by atoms with Crippen molar-refractivity contribution in [2.24, 2.45) is 0 Å². The van der Waals surface area contributed by atoms with Crippen LogP contribution in [0.3, 0.4) is 0 Å². The number of hydrogen-bond donors (Lipinski definition) is 1. The predicted octanol–water partition coefficient (Wildman–Crippen LogP) is 1.45. The number of nitrogens with two attached hydrogens (primary N) is 1. The molecule has 0 radical (unpaired) electrons. The van der Waals surface area contributed by atoms with Crippen molar-refractivity contribution in [2.75, 3.05) is 26.0 Å². The number of rotatable bonds is 2. The summed E-state index contributed by atoms with van der Waals surface area (Å²) in [5, 5.41) is 1.38. The molecule has 17 heavy (non-hydrogen) atoms. The van der Waals surface area contributed by atoms with Crippen molar-refractivity contribution in [1.29, 1.82) is 0 Å². The molecule has 92 valence electrons. The Morgan fingerprint density at radius 2 is 2.29 bits per heavy atom. The van der Waals surface area contributed by atoms with Crippen LogP contribution in [0.5, 0.6) is 5.75 Å². The number of ether oxygens (including phenoxy) is 1. The number of nitrogen functional groups attached to an aromatic ring is 1. The van der Waals surface area contributed by atoms with Crippen molar-refractivity contribution >= 4 is 11.6 Å². The average Bonchev–Trinajstić information content (AvgIpc) is 2.39. The number of carbonyl (C=O) groups is 1. The van der Waals surface area contributed by atoms with Gasteiger partial charge in [-0.15, -0.1) is 0 Å². The van der Waals surface area contributed by atoms with E-state index >= 15 is 0 Å². The second kappa shape index (κ2) is 5.05. The van der Waals surface area contributed by atoms with Crippen LogP contribution in [0.1, 0.15) is 23.2 Å². The quantitative estimate of drug-likeness (QED) is 0.789. The van der Waals surface area contributed by atoms with Crippen molar-refractivity contribution in [3.63, 3.8) is 0 Å². The third-order valence-corrected chi connectivity index (χ3v) is 2.72. The molecular formula is C12H16N2O3. The van der Waals surface area contributed by atoms with Crippen molar-refractivity contribution in [3.8, 4) is 5.75 Å². The summed E-state index contributed by atoms with van der Waals surface area (Å²) in [5.41, 5.74) is 6.68. The van der Waals surface area contributed by atoms with Gasteiger partial charge in [0.15, 0.2) is 0 Å². The topological polar surface area (TPSA) is 64.8 Å². The van der Waals surface area contributed by atoms with Crippen molar-refractivity contribution in [2.45, 2.75) is 12.8 Å². The van der Waals surface area contributed by atoms with E-state index in [0.717, 1.165) is 12.8 Å². The van der Waals surface area contributed by atoms with Gasteiger partial charge in [0.25, 0.3) is 5.91 Å². The predicted molar refractivity (Wildman–Crippen MR) is 63.6 cm³/mol. The number of hydroxylamine groups is 2. The van der Waals surface area contributed by atoms with Crippen LogP contribution in [0, 0.1) is 0 Å². The maximum absolute atomic E-state index is 12.1. The van der Waals surface area contributed by atoms with Gasteiger partial charge >= 0.3 is 0 Å². The molecule has 1 amide bonds. The maximum atomic E-state index is 12.1. The van der Waals surface area contributed by atoms with Crippen LogP contribution in [0.25, 0.3) is 0 Å². The lowest BCUT2D eigenvalue weighted by Gasteiger charge is -2.26. The van der Waals surface area contributed by atoms with Gasteiger partial charge in [0, 0.05) is 18.3 Å². The summed E-state index contributed by atoms with van der Waals surface area (Å²) in [4.78, 5) is 17.4. The molecule has 1 heterocycles. The van der Waals surface area contributed by atoms with Gasteiger partial charge in [-0.25, -0.2) is 5.06 Å². The highest BCUT2D eigenvalue weighted by molar-refractivity contribution is 5.98. The van der Waals surface area contributed by atoms with Gasteiger partial charge in [-0.1, -0.05) is 0 Å². The molecule has 0 saturated carbocycles. The van der Waals surface area contributed by atoms with E-state index in [1.165, 1.54) is 5.06 Å². The Morgan fingerprint density at radius 3 is 2.88 bits per heavy atom. The number of amides is 1. The molecule has 1 aromatic rings. The Hall–Kier alpha value is -1.75. The highest BCUT2D eigenvalue weighted by Crippen LogP contribution is 2.22. The summed E-state index contributed by atoms with van der Waals surface area (Å²) >= 11 is 0. The summed E-state index contributed by atoms with van der Waals surface area (Å²) in [6, 6.07) is 5.01. The molecular weight excluding hydrogens is 220 g/mol. The largest absolute Gasteiger partial charge is 0.497 e. The minimum Gasteiger partial charge on any atom is -0.497 e.